The molecule has 0 saturated heterocycles. The van der Waals surface area contributed by atoms with Gasteiger partial charge in [-0.1, -0.05) is 0 Å². The Bertz CT molecular complexity index is 46.6. The zero-order valence-corrected chi connectivity index (χ0v) is 10.2. The summed E-state index contributed by atoms with van der Waals surface area (Å²) in [6, 6.07) is 0. The van der Waals surface area contributed by atoms with Crippen molar-refractivity contribution in [1.82, 2.24) is 10.2 Å². The van der Waals surface area contributed by atoms with Gasteiger partial charge in [0.2, 0.25) is 0 Å². The molecule has 0 aromatic carbocycles. The Morgan fingerprint density at radius 1 is 1.20 bits per heavy atom. The number of nitrogens with one attached hydrogen (secondary N) is 1. The fourth-order valence-electron chi connectivity index (χ4n) is 0.335. The molecule has 0 aliphatic carbocycles. The molecule has 0 aliphatic rings. The summed E-state index contributed by atoms with van der Waals surface area (Å²) < 4.78 is 0. The van der Waals surface area contributed by atoms with Gasteiger partial charge in [0.1, 0.15) is 0 Å². The van der Waals surface area contributed by atoms with E-state index in [2.05, 4.69) is 24.3 Å². The van der Waals surface area contributed by atoms with Crippen molar-refractivity contribution < 1.29 is 45.9 Å². The summed E-state index contributed by atoms with van der Waals surface area (Å²) in [5.41, 5.74) is 0. The van der Waals surface area contributed by atoms with Crippen molar-refractivity contribution in [1.29, 1.82) is 0 Å². The molecule has 0 aromatic rings. The molecule has 0 aliphatic heterocycles. The van der Waals surface area contributed by atoms with E-state index in [0.29, 0.717) is 0 Å². The molecule has 0 fully saturated rings. The van der Waals surface area contributed by atoms with Crippen LogP contribution in [0.25, 0.3) is 0 Å². The Morgan fingerprint density at radius 2 is 1.60 bits per heavy atom. The molecule has 0 bridgehead atoms. The molecule has 0 radical (unpaired) electrons. The van der Waals surface area contributed by atoms with E-state index in [1.54, 1.807) is 0 Å². The molecule has 0 heterocycles. The molecule has 0 saturated carbocycles. The van der Waals surface area contributed by atoms with Gasteiger partial charge in [-0.05, 0) is 21.1 Å². The minimum Gasteiger partial charge on any atom is -1.00 e. The van der Waals surface area contributed by atoms with Gasteiger partial charge in [-0.25, -0.2) is 0 Å². The van der Waals surface area contributed by atoms with E-state index in [1.807, 2.05) is 7.05 Å². The standard InChI is InChI=1S/C5H14N2.2ClH.Pt/c1-6-4-5-7(2)3;;;/h6H,4-5H2,1-3H3;2*1H;/q;;;+2/p-2. The monoisotopic (exact) mass is 367 g/mol. The van der Waals surface area contributed by atoms with Gasteiger partial charge in [-0.3, -0.25) is 0 Å². The fourth-order valence-corrected chi connectivity index (χ4v) is 0.335. The fraction of sp³-hybridized carbons (Fsp3) is 1.00. The smallest absolute Gasteiger partial charge is 1.00 e. The molecule has 0 unspecified atom stereocenters. The topological polar surface area (TPSA) is 15.3 Å². The maximum Gasteiger partial charge on any atom is 2.00 e. The predicted molar refractivity (Wildman–Crippen MR) is 32.5 cm³/mol. The molecular weight excluding hydrogens is 354 g/mol. The van der Waals surface area contributed by atoms with Crippen molar-refractivity contribution in [3.63, 3.8) is 0 Å². The van der Waals surface area contributed by atoms with Crippen molar-refractivity contribution >= 4 is 0 Å². The summed E-state index contributed by atoms with van der Waals surface area (Å²) in [5, 5.41) is 3.06. The number of nitrogens with zero attached hydrogens (tertiary/aromatic N) is 1. The van der Waals surface area contributed by atoms with E-state index in [9.17, 15) is 0 Å². The number of halogens is 2. The summed E-state index contributed by atoms with van der Waals surface area (Å²) in [4.78, 5) is 2.15. The van der Waals surface area contributed by atoms with E-state index in [-0.39, 0.29) is 45.9 Å². The SMILES string of the molecule is CNCCN(C)C.[Cl-].[Cl-].[Pt+2]. The number of rotatable bonds is 3. The Morgan fingerprint density at radius 3 is 1.70 bits per heavy atom. The quantitative estimate of drug-likeness (QED) is 0.534. The van der Waals surface area contributed by atoms with Gasteiger partial charge in [0.15, 0.2) is 0 Å². The van der Waals surface area contributed by atoms with Crippen molar-refractivity contribution in [3.05, 3.63) is 0 Å². The third-order valence-electron chi connectivity index (χ3n) is 0.809. The molecule has 0 amide bonds. The van der Waals surface area contributed by atoms with Crippen LogP contribution < -0.4 is 30.1 Å². The second-order valence-corrected chi connectivity index (χ2v) is 1.91. The van der Waals surface area contributed by atoms with Crippen LogP contribution in [0, 0.1) is 0 Å². The molecular formula is C5H14Cl2N2Pt. The number of likely N-dealkylation sites (N-methyl/N-ethyl adjacent to an activating group) is 2. The van der Waals surface area contributed by atoms with Gasteiger partial charge in [0.05, 0.1) is 0 Å². The van der Waals surface area contributed by atoms with E-state index in [1.165, 1.54) is 0 Å². The molecule has 0 spiro atoms. The number of hydrogen-bond donors (Lipinski definition) is 1. The second kappa shape index (κ2) is 16.6. The van der Waals surface area contributed by atoms with E-state index < -0.39 is 0 Å². The maximum atomic E-state index is 3.06. The Kier molecular flexibility index (Phi) is 37.4. The molecule has 0 rings (SSSR count). The summed E-state index contributed by atoms with van der Waals surface area (Å²) in [6.07, 6.45) is 0. The summed E-state index contributed by atoms with van der Waals surface area (Å²) in [5.74, 6) is 0. The zero-order valence-electron chi connectivity index (χ0n) is 6.43. The minimum absolute atomic E-state index is 0. The van der Waals surface area contributed by atoms with Gasteiger partial charge in [0, 0.05) is 13.1 Å². The first kappa shape index (κ1) is 22.5. The van der Waals surface area contributed by atoms with Gasteiger partial charge < -0.3 is 35.0 Å². The molecule has 10 heavy (non-hydrogen) atoms. The van der Waals surface area contributed by atoms with Crippen molar-refractivity contribution in [2.24, 2.45) is 0 Å². The largest absolute Gasteiger partial charge is 2.00 e. The molecule has 0 atom stereocenters. The van der Waals surface area contributed by atoms with Gasteiger partial charge in [-0.2, -0.15) is 0 Å². The van der Waals surface area contributed by atoms with Crippen LogP contribution in [0.5, 0.6) is 0 Å². The average molecular weight is 368 g/mol. The number of hydrogen-bond acceptors (Lipinski definition) is 2. The summed E-state index contributed by atoms with van der Waals surface area (Å²) in [7, 11) is 6.10. The van der Waals surface area contributed by atoms with E-state index >= 15 is 0 Å². The Hall–Kier alpha value is 1.19. The molecule has 0 aromatic heterocycles. The zero-order chi connectivity index (χ0) is 5.70. The van der Waals surface area contributed by atoms with Crippen LogP contribution in [-0.2, 0) is 21.1 Å². The van der Waals surface area contributed by atoms with E-state index in [0.717, 1.165) is 13.1 Å². The summed E-state index contributed by atoms with van der Waals surface area (Å²) in [6.45, 7) is 2.20. The van der Waals surface area contributed by atoms with Gasteiger partial charge in [-0.15, -0.1) is 0 Å². The first-order chi connectivity index (χ1) is 3.27. The van der Waals surface area contributed by atoms with Gasteiger partial charge in [0.25, 0.3) is 0 Å². The first-order valence-corrected chi connectivity index (χ1v) is 2.56. The molecule has 2 nitrogen and oxygen atoms in total. The van der Waals surface area contributed by atoms with Crippen molar-refractivity contribution in [2.75, 3.05) is 34.2 Å². The van der Waals surface area contributed by atoms with Crippen LogP contribution in [0.15, 0.2) is 0 Å². The van der Waals surface area contributed by atoms with Crippen LogP contribution in [0.3, 0.4) is 0 Å². The van der Waals surface area contributed by atoms with Crippen molar-refractivity contribution in [2.45, 2.75) is 0 Å². The van der Waals surface area contributed by atoms with Crippen LogP contribution in [0.4, 0.5) is 0 Å². The van der Waals surface area contributed by atoms with Crippen molar-refractivity contribution in [3.8, 4) is 0 Å². The second-order valence-electron chi connectivity index (χ2n) is 1.91. The maximum absolute atomic E-state index is 3.06. The van der Waals surface area contributed by atoms with E-state index in [4.69, 9.17) is 0 Å². The Balaban J connectivity index is -0.0000000600. The first-order valence-electron chi connectivity index (χ1n) is 2.56. The molecule has 68 valence electrons. The van der Waals surface area contributed by atoms with Crippen LogP contribution in [0.2, 0.25) is 0 Å². The van der Waals surface area contributed by atoms with Crippen LogP contribution in [0.1, 0.15) is 0 Å². The van der Waals surface area contributed by atoms with Crippen LogP contribution >= 0.6 is 0 Å². The third-order valence-corrected chi connectivity index (χ3v) is 0.809. The van der Waals surface area contributed by atoms with Gasteiger partial charge >= 0.3 is 21.1 Å². The third kappa shape index (κ3) is 22.9. The Labute approximate surface area is 90.2 Å². The average Bonchev–Trinajstić information content (AvgIpc) is 1.61. The van der Waals surface area contributed by atoms with Crippen LogP contribution in [-0.4, -0.2) is 39.1 Å². The normalized spacial score (nSPS) is 7.20. The summed E-state index contributed by atoms with van der Waals surface area (Å²) >= 11 is 0. The predicted octanol–water partition coefficient (Wildman–Crippen LogP) is -6.23. The molecule has 1 N–H and O–H groups in total. The molecule has 5 heteroatoms. The minimum atomic E-state index is 0.